The van der Waals surface area contributed by atoms with Gasteiger partial charge in [0, 0.05) is 17.4 Å². The summed E-state index contributed by atoms with van der Waals surface area (Å²) in [6, 6.07) is 7.57. The summed E-state index contributed by atoms with van der Waals surface area (Å²) in [7, 11) is 0. The van der Waals surface area contributed by atoms with Crippen LogP contribution in [0, 0.1) is 19.7 Å². The van der Waals surface area contributed by atoms with E-state index in [9.17, 15) is 14.0 Å². The minimum atomic E-state index is -0.544. The van der Waals surface area contributed by atoms with Gasteiger partial charge in [-0.1, -0.05) is 0 Å². The monoisotopic (exact) mass is 385 g/mol. The molecule has 1 N–H and O–H groups in total. The van der Waals surface area contributed by atoms with Gasteiger partial charge in [-0.2, -0.15) is 0 Å². The van der Waals surface area contributed by atoms with Crippen LogP contribution in [0.5, 0.6) is 0 Å². The van der Waals surface area contributed by atoms with Crippen molar-refractivity contribution in [1.82, 2.24) is 9.88 Å². The van der Waals surface area contributed by atoms with Crippen LogP contribution < -0.4 is 10.2 Å². The van der Waals surface area contributed by atoms with E-state index in [1.54, 1.807) is 6.08 Å². The summed E-state index contributed by atoms with van der Waals surface area (Å²) < 4.78 is 15.3. The van der Waals surface area contributed by atoms with Gasteiger partial charge in [-0.05, 0) is 81.9 Å². The molecule has 0 spiro atoms. The van der Waals surface area contributed by atoms with Crippen LogP contribution >= 0.6 is 12.2 Å². The standard InChI is InChI=1S/C20H20FN3O2S/c1-11(2)23-12(3)9-14(13(23)4)10-17-18(25)22-20(27)24(19(17)26)16-7-5-15(21)6-8-16/h5-11H,1-4H3,(H,22,25,27)/b17-10-. The molecule has 7 heteroatoms. The van der Waals surface area contributed by atoms with Crippen LogP contribution in [0.25, 0.3) is 6.08 Å². The molecule has 0 unspecified atom stereocenters. The highest BCUT2D eigenvalue weighted by atomic mass is 32.1. The largest absolute Gasteiger partial charge is 0.346 e. The number of nitrogens with zero attached hydrogens (tertiary/aromatic N) is 2. The van der Waals surface area contributed by atoms with Gasteiger partial charge in [0.15, 0.2) is 5.11 Å². The topological polar surface area (TPSA) is 54.3 Å². The molecule has 1 aliphatic heterocycles. The maximum absolute atomic E-state index is 13.2. The van der Waals surface area contributed by atoms with E-state index in [-0.39, 0.29) is 16.7 Å². The summed E-state index contributed by atoms with van der Waals surface area (Å²) in [5, 5.41) is 2.51. The van der Waals surface area contributed by atoms with Crippen molar-refractivity contribution in [2.45, 2.75) is 33.7 Å². The number of carbonyl (C=O) groups excluding carboxylic acids is 2. The van der Waals surface area contributed by atoms with E-state index in [1.807, 2.05) is 19.9 Å². The molecular weight excluding hydrogens is 365 g/mol. The van der Waals surface area contributed by atoms with E-state index in [2.05, 4.69) is 23.7 Å². The average Bonchev–Trinajstić information content (AvgIpc) is 2.86. The molecule has 0 atom stereocenters. The van der Waals surface area contributed by atoms with Crippen molar-refractivity contribution in [3.05, 3.63) is 58.7 Å². The zero-order chi connectivity index (χ0) is 19.9. The van der Waals surface area contributed by atoms with Crippen molar-refractivity contribution in [3.63, 3.8) is 0 Å². The van der Waals surface area contributed by atoms with Crippen LogP contribution in [0.3, 0.4) is 0 Å². The van der Waals surface area contributed by atoms with Crippen molar-refractivity contribution in [1.29, 1.82) is 0 Å². The third-order valence-corrected chi connectivity index (χ3v) is 4.81. The van der Waals surface area contributed by atoms with Crippen molar-refractivity contribution in [2.24, 2.45) is 0 Å². The minimum absolute atomic E-state index is 0.0167. The molecule has 3 rings (SSSR count). The Morgan fingerprint density at radius 3 is 2.33 bits per heavy atom. The SMILES string of the molecule is Cc1cc(/C=C2/C(=O)NC(=S)N(c3ccc(F)cc3)C2=O)c(C)n1C(C)C. The second-order valence-electron chi connectivity index (χ2n) is 6.72. The zero-order valence-electron chi connectivity index (χ0n) is 15.5. The van der Waals surface area contributed by atoms with E-state index < -0.39 is 17.6 Å². The van der Waals surface area contributed by atoms with Gasteiger partial charge >= 0.3 is 0 Å². The normalized spacial score (nSPS) is 16.4. The van der Waals surface area contributed by atoms with Gasteiger partial charge in [0.05, 0.1) is 5.69 Å². The Hall–Kier alpha value is -2.80. The third kappa shape index (κ3) is 3.42. The van der Waals surface area contributed by atoms with E-state index in [0.29, 0.717) is 5.69 Å². The molecular formula is C20H20FN3O2S. The molecule has 0 saturated carbocycles. The van der Waals surface area contributed by atoms with Crippen LogP contribution in [0.1, 0.15) is 36.8 Å². The van der Waals surface area contributed by atoms with Crippen LogP contribution in [0.15, 0.2) is 35.9 Å². The highest BCUT2D eigenvalue weighted by molar-refractivity contribution is 7.80. The predicted octanol–water partition coefficient (Wildman–Crippen LogP) is 3.66. The molecule has 27 heavy (non-hydrogen) atoms. The Bertz CT molecular complexity index is 974. The fourth-order valence-corrected chi connectivity index (χ4v) is 3.66. The fourth-order valence-electron chi connectivity index (χ4n) is 3.38. The van der Waals surface area contributed by atoms with E-state index in [1.165, 1.54) is 29.2 Å². The van der Waals surface area contributed by atoms with Gasteiger partial charge in [0.2, 0.25) is 0 Å². The van der Waals surface area contributed by atoms with Gasteiger partial charge in [-0.3, -0.25) is 19.8 Å². The quantitative estimate of drug-likeness (QED) is 0.498. The average molecular weight is 385 g/mol. The summed E-state index contributed by atoms with van der Waals surface area (Å²) in [6.07, 6.45) is 1.58. The van der Waals surface area contributed by atoms with E-state index in [4.69, 9.17) is 12.2 Å². The Kier molecular flexibility index (Phi) is 4.97. The predicted molar refractivity (Wildman–Crippen MR) is 107 cm³/mol. The summed E-state index contributed by atoms with van der Waals surface area (Å²) >= 11 is 5.15. The molecule has 140 valence electrons. The number of anilines is 1. The lowest BCUT2D eigenvalue weighted by Crippen LogP contribution is -2.54. The van der Waals surface area contributed by atoms with Crippen molar-refractivity contribution < 1.29 is 14.0 Å². The molecule has 2 aromatic rings. The number of halogens is 1. The van der Waals surface area contributed by atoms with Gasteiger partial charge in [-0.15, -0.1) is 0 Å². The number of amides is 2. The molecule has 1 aromatic heterocycles. The summed E-state index contributed by atoms with van der Waals surface area (Å²) in [5.74, 6) is -1.50. The fraction of sp³-hybridized carbons (Fsp3) is 0.250. The molecule has 0 radical (unpaired) electrons. The first-order valence-electron chi connectivity index (χ1n) is 8.56. The Labute approximate surface area is 162 Å². The van der Waals surface area contributed by atoms with Crippen LogP contribution in [-0.4, -0.2) is 21.5 Å². The van der Waals surface area contributed by atoms with E-state index in [0.717, 1.165) is 17.0 Å². The summed E-state index contributed by atoms with van der Waals surface area (Å²) in [5.41, 5.74) is 3.19. The first kappa shape index (κ1) is 19.0. The van der Waals surface area contributed by atoms with Crippen molar-refractivity contribution in [3.8, 4) is 0 Å². The second kappa shape index (κ2) is 7.08. The Morgan fingerprint density at radius 1 is 1.15 bits per heavy atom. The maximum atomic E-state index is 13.2. The first-order chi connectivity index (χ1) is 12.7. The highest BCUT2D eigenvalue weighted by Crippen LogP contribution is 2.25. The number of carbonyl (C=O) groups is 2. The molecule has 2 heterocycles. The van der Waals surface area contributed by atoms with Crippen LogP contribution in [0.2, 0.25) is 0 Å². The second-order valence-corrected chi connectivity index (χ2v) is 7.11. The molecule has 1 aliphatic rings. The Morgan fingerprint density at radius 2 is 1.78 bits per heavy atom. The van der Waals surface area contributed by atoms with E-state index >= 15 is 0 Å². The lowest BCUT2D eigenvalue weighted by atomic mass is 10.1. The Balaban J connectivity index is 2.05. The molecule has 1 fully saturated rings. The molecule has 0 bridgehead atoms. The highest BCUT2D eigenvalue weighted by Gasteiger charge is 2.34. The van der Waals surface area contributed by atoms with Gasteiger partial charge in [-0.25, -0.2) is 4.39 Å². The van der Waals surface area contributed by atoms with Gasteiger partial charge < -0.3 is 4.57 Å². The maximum Gasteiger partial charge on any atom is 0.270 e. The van der Waals surface area contributed by atoms with Gasteiger partial charge in [0.25, 0.3) is 11.8 Å². The molecule has 1 saturated heterocycles. The number of aromatic nitrogens is 1. The van der Waals surface area contributed by atoms with Crippen molar-refractivity contribution >= 4 is 40.9 Å². The molecule has 1 aromatic carbocycles. The summed E-state index contributed by atoms with van der Waals surface area (Å²) in [4.78, 5) is 26.6. The lowest BCUT2D eigenvalue weighted by Gasteiger charge is -2.28. The first-order valence-corrected chi connectivity index (χ1v) is 8.97. The van der Waals surface area contributed by atoms with Crippen LogP contribution in [0.4, 0.5) is 10.1 Å². The summed E-state index contributed by atoms with van der Waals surface area (Å²) in [6.45, 7) is 8.08. The van der Waals surface area contributed by atoms with Crippen LogP contribution in [-0.2, 0) is 9.59 Å². The molecule has 2 amide bonds. The smallest absolute Gasteiger partial charge is 0.270 e. The number of thiocarbonyl (C=S) groups is 1. The number of aryl methyl sites for hydroxylation is 1. The zero-order valence-corrected chi connectivity index (χ0v) is 16.4. The number of hydrogen-bond acceptors (Lipinski definition) is 3. The third-order valence-electron chi connectivity index (χ3n) is 4.53. The van der Waals surface area contributed by atoms with Gasteiger partial charge in [0.1, 0.15) is 11.4 Å². The number of rotatable bonds is 3. The number of hydrogen-bond donors (Lipinski definition) is 1. The number of benzene rings is 1. The minimum Gasteiger partial charge on any atom is -0.346 e. The van der Waals surface area contributed by atoms with Crippen molar-refractivity contribution in [2.75, 3.05) is 4.90 Å². The lowest BCUT2D eigenvalue weighted by molar-refractivity contribution is -0.122. The number of nitrogens with one attached hydrogen (secondary N) is 1. The molecule has 0 aliphatic carbocycles. The molecule has 5 nitrogen and oxygen atoms in total.